The number of pyridine rings is 1. The Kier molecular flexibility index (Phi) is 5.63. The minimum Gasteiger partial charge on any atom is -0.493 e. The van der Waals surface area contributed by atoms with Crippen molar-refractivity contribution in [3.63, 3.8) is 0 Å². The second-order valence-electron chi connectivity index (χ2n) is 7.48. The maximum atomic E-state index is 12.9. The van der Waals surface area contributed by atoms with Crippen LogP contribution in [0.1, 0.15) is 29.8 Å². The van der Waals surface area contributed by atoms with Crippen LogP contribution in [0.25, 0.3) is 16.7 Å². The molecule has 154 valence electrons. The van der Waals surface area contributed by atoms with E-state index in [1.54, 1.807) is 24.3 Å². The van der Waals surface area contributed by atoms with E-state index in [1.807, 2.05) is 36.4 Å². The monoisotopic (exact) mass is 411 g/mol. The number of amides is 1. The van der Waals surface area contributed by atoms with Crippen LogP contribution in [-0.4, -0.2) is 27.3 Å². The maximum absolute atomic E-state index is 12.9. The van der Waals surface area contributed by atoms with Crippen molar-refractivity contribution >= 4 is 22.6 Å². The van der Waals surface area contributed by atoms with E-state index in [-0.39, 0.29) is 17.3 Å². The van der Waals surface area contributed by atoms with Gasteiger partial charge in [0.1, 0.15) is 17.4 Å². The quantitative estimate of drug-likeness (QED) is 0.501. The number of nitriles is 1. The SMILES string of the molecule is CC(C)COc1cccc(C(=O)Nc2c(C#N)cnn2-c2ccc3ccccc3n2)c1. The summed E-state index contributed by atoms with van der Waals surface area (Å²) < 4.78 is 7.17. The van der Waals surface area contributed by atoms with Gasteiger partial charge in [-0.1, -0.05) is 38.1 Å². The van der Waals surface area contributed by atoms with Gasteiger partial charge in [-0.15, -0.1) is 0 Å². The predicted octanol–water partition coefficient (Wildman–Crippen LogP) is 4.58. The zero-order chi connectivity index (χ0) is 21.8. The van der Waals surface area contributed by atoms with Gasteiger partial charge in [0.15, 0.2) is 11.6 Å². The number of carbonyl (C=O) groups is 1. The van der Waals surface area contributed by atoms with Crippen molar-refractivity contribution in [3.8, 4) is 17.6 Å². The summed E-state index contributed by atoms with van der Waals surface area (Å²) in [5.41, 5.74) is 1.46. The number of carbonyl (C=O) groups excluding carboxylic acids is 1. The Labute approximate surface area is 179 Å². The van der Waals surface area contributed by atoms with E-state index >= 15 is 0 Å². The molecule has 7 nitrogen and oxygen atoms in total. The highest BCUT2D eigenvalue weighted by molar-refractivity contribution is 6.04. The molecule has 0 aliphatic rings. The van der Waals surface area contributed by atoms with Crippen LogP contribution < -0.4 is 10.1 Å². The van der Waals surface area contributed by atoms with Crippen LogP contribution in [0.15, 0.2) is 66.9 Å². The van der Waals surface area contributed by atoms with Crippen molar-refractivity contribution < 1.29 is 9.53 Å². The molecule has 2 heterocycles. The minimum absolute atomic E-state index is 0.246. The Balaban J connectivity index is 1.64. The van der Waals surface area contributed by atoms with Gasteiger partial charge in [0, 0.05) is 10.9 Å². The second kappa shape index (κ2) is 8.67. The molecule has 0 spiro atoms. The number of nitrogens with zero attached hydrogens (tertiary/aromatic N) is 4. The third kappa shape index (κ3) is 4.38. The fraction of sp³-hybridized carbons (Fsp3) is 0.167. The predicted molar refractivity (Wildman–Crippen MR) is 118 cm³/mol. The lowest BCUT2D eigenvalue weighted by molar-refractivity contribution is 0.102. The molecule has 4 rings (SSSR count). The van der Waals surface area contributed by atoms with Gasteiger partial charge in [-0.05, 0) is 42.3 Å². The summed E-state index contributed by atoms with van der Waals surface area (Å²) in [5, 5.41) is 17.6. The molecular weight excluding hydrogens is 390 g/mol. The first-order chi connectivity index (χ1) is 15.0. The number of ether oxygens (including phenoxy) is 1. The highest BCUT2D eigenvalue weighted by Crippen LogP contribution is 2.22. The van der Waals surface area contributed by atoms with E-state index in [9.17, 15) is 10.1 Å². The summed E-state index contributed by atoms with van der Waals surface area (Å²) in [5.74, 6) is 1.40. The topological polar surface area (TPSA) is 92.8 Å². The van der Waals surface area contributed by atoms with Crippen molar-refractivity contribution in [2.75, 3.05) is 11.9 Å². The van der Waals surface area contributed by atoms with E-state index in [2.05, 4.69) is 35.3 Å². The Hall–Kier alpha value is -4.18. The normalized spacial score (nSPS) is 10.8. The number of rotatable bonds is 6. The second-order valence-corrected chi connectivity index (χ2v) is 7.48. The Bertz CT molecular complexity index is 1290. The smallest absolute Gasteiger partial charge is 0.256 e. The molecule has 31 heavy (non-hydrogen) atoms. The molecule has 0 saturated carbocycles. The Morgan fingerprint density at radius 3 is 2.81 bits per heavy atom. The number of hydrogen-bond donors (Lipinski definition) is 1. The molecule has 2 aromatic heterocycles. The van der Waals surface area contributed by atoms with Crippen molar-refractivity contribution in [3.05, 3.63) is 78.0 Å². The fourth-order valence-corrected chi connectivity index (χ4v) is 3.07. The van der Waals surface area contributed by atoms with Crippen LogP contribution in [0.4, 0.5) is 5.82 Å². The average Bonchev–Trinajstić information content (AvgIpc) is 3.20. The lowest BCUT2D eigenvalue weighted by Crippen LogP contribution is -2.16. The molecule has 1 N–H and O–H groups in total. The summed E-state index contributed by atoms with van der Waals surface area (Å²) in [6, 6.07) is 20.4. The lowest BCUT2D eigenvalue weighted by Gasteiger charge is -2.11. The van der Waals surface area contributed by atoms with Crippen LogP contribution in [0, 0.1) is 17.2 Å². The van der Waals surface area contributed by atoms with E-state index in [0.717, 1.165) is 10.9 Å². The maximum Gasteiger partial charge on any atom is 0.256 e. The zero-order valence-corrected chi connectivity index (χ0v) is 17.2. The highest BCUT2D eigenvalue weighted by atomic mass is 16.5. The number of para-hydroxylation sites is 1. The third-order valence-electron chi connectivity index (χ3n) is 4.60. The number of hydrogen-bond acceptors (Lipinski definition) is 5. The Morgan fingerprint density at radius 1 is 1.16 bits per heavy atom. The van der Waals surface area contributed by atoms with Crippen molar-refractivity contribution in [1.29, 1.82) is 5.26 Å². The molecular formula is C24H21N5O2. The fourth-order valence-electron chi connectivity index (χ4n) is 3.07. The van der Waals surface area contributed by atoms with E-state index < -0.39 is 0 Å². The van der Waals surface area contributed by atoms with Gasteiger partial charge in [-0.25, -0.2) is 4.98 Å². The molecule has 0 radical (unpaired) electrons. The average molecular weight is 411 g/mol. The molecule has 0 aliphatic carbocycles. The van der Waals surface area contributed by atoms with Gasteiger partial charge in [0.2, 0.25) is 0 Å². The summed E-state index contributed by atoms with van der Waals surface area (Å²) in [6.45, 7) is 4.67. The van der Waals surface area contributed by atoms with Gasteiger partial charge in [-0.2, -0.15) is 15.0 Å². The summed E-state index contributed by atoms with van der Waals surface area (Å²) >= 11 is 0. The van der Waals surface area contributed by atoms with Gasteiger partial charge in [0.25, 0.3) is 5.91 Å². The van der Waals surface area contributed by atoms with Crippen LogP contribution >= 0.6 is 0 Å². The molecule has 4 aromatic rings. The molecule has 1 amide bonds. The molecule has 0 atom stereocenters. The van der Waals surface area contributed by atoms with Gasteiger partial charge < -0.3 is 10.1 Å². The lowest BCUT2D eigenvalue weighted by atomic mass is 10.2. The van der Waals surface area contributed by atoms with Crippen LogP contribution in [0.5, 0.6) is 5.75 Å². The van der Waals surface area contributed by atoms with Crippen LogP contribution in [0.2, 0.25) is 0 Å². The van der Waals surface area contributed by atoms with Crippen LogP contribution in [-0.2, 0) is 0 Å². The first kappa shape index (κ1) is 20.1. The number of aromatic nitrogens is 3. The first-order valence-electron chi connectivity index (χ1n) is 9.93. The number of nitrogens with one attached hydrogen (secondary N) is 1. The largest absolute Gasteiger partial charge is 0.493 e. The van der Waals surface area contributed by atoms with Crippen LogP contribution in [0.3, 0.4) is 0 Å². The van der Waals surface area contributed by atoms with Crippen molar-refractivity contribution in [1.82, 2.24) is 14.8 Å². The summed E-state index contributed by atoms with van der Waals surface area (Å²) in [4.78, 5) is 17.5. The van der Waals surface area contributed by atoms with Gasteiger partial charge in [0.05, 0.1) is 18.3 Å². The Morgan fingerprint density at radius 2 is 2.00 bits per heavy atom. The molecule has 0 unspecified atom stereocenters. The summed E-state index contributed by atoms with van der Waals surface area (Å²) in [6.07, 6.45) is 1.41. The minimum atomic E-state index is -0.367. The standard InChI is InChI=1S/C24H21N5O2/c1-16(2)15-31-20-8-5-7-18(12-20)24(30)28-23-19(13-25)14-26-29(23)22-11-10-17-6-3-4-9-21(17)27-22/h3-12,14,16H,15H2,1-2H3,(H,28,30). The molecule has 0 saturated heterocycles. The number of fused-ring (bicyclic) bond motifs is 1. The highest BCUT2D eigenvalue weighted by Gasteiger charge is 2.17. The zero-order valence-electron chi connectivity index (χ0n) is 17.2. The molecule has 0 fully saturated rings. The van der Waals surface area contributed by atoms with Crippen molar-refractivity contribution in [2.24, 2.45) is 5.92 Å². The number of benzene rings is 2. The van der Waals surface area contributed by atoms with E-state index in [0.29, 0.717) is 29.7 Å². The summed E-state index contributed by atoms with van der Waals surface area (Å²) in [7, 11) is 0. The number of anilines is 1. The van der Waals surface area contributed by atoms with E-state index in [4.69, 9.17) is 4.74 Å². The van der Waals surface area contributed by atoms with Gasteiger partial charge in [-0.3, -0.25) is 4.79 Å². The van der Waals surface area contributed by atoms with E-state index in [1.165, 1.54) is 10.9 Å². The third-order valence-corrected chi connectivity index (χ3v) is 4.60. The molecule has 0 aliphatic heterocycles. The van der Waals surface area contributed by atoms with Gasteiger partial charge >= 0.3 is 0 Å². The molecule has 2 aromatic carbocycles. The molecule has 7 heteroatoms. The van der Waals surface area contributed by atoms with Crippen molar-refractivity contribution in [2.45, 2.75) is 13.8 Å². The molecule has 0 bridgehead atoms. The first-order valence-corrected chi connectivity index (χ1v) is 9.93.